The Morgan fingerprint density at radius 3 is 2.50 bits per heavy atom. The lowest BCUT2D eigenvalue weighted by Gasteiger charge is -2.28. The quantitative estimate of drug-likeness (QED) is 0.592. The summed E-state index contributed by atoms with van der Waals surface area (Å²) in [4.78, 5) is 11.6. The van der Waals surface area contributed by atoms with Crippen molar-refractivity contribution in [1.29, 1.82) is 0 Å². The molecule has 0 saturated carbocycles. The normalized spacial score (nSPS) is 33.0. The fraction of sp³-hybridized carbons (Fsp3) is 0.900. The Labute approximate surface area is 84.4 Å². The number of nitrogens with one attached hydrogen (secondary N) is 2. The van der Waals surface area contributed by atoms with Crippen molar-refractivity contribution in [1.82, 2.24) is 10.6 Å². The highest BCUT2D eigenvalue weighted by molar-refractivity contribution is 5.76. The molecule has 4 heteroatoms. The second-order valence-electron chi connectivity index (χ2n) is 4.73. The summed E-state index contributed by atoms with van der Waals surface area (Å²) in [7, 11) is 0. The van der Waals surface area contributed by atoms with Crippen molar-refractivity contribution < 1.29 is 9.53 Å². The summed E-state index contributed by atoms with van der Waals surface area (Å²) in [5.74, 6) is -0.0906. The van der Waals surface area contributed by atoms with Gasteiger partial charge >= 0.3 is 5.97 Å². The van der Waals surface area contributed by atoms with Crippen LogP contribution < -0.4 is 10.6 Å². The van der Waals surface area contributed by atoms with Crippen LogP contribution in [-0.2, 0) is 9.53 Å². The van der Waals surface area contributed by atoms with E-state index in [1.54, 1.807) is 0 Å². The molecule has 0 aromatic carbocycles. The van der Waals surface area contributed by atoms with E-state index in [2.05, 4.69) is 10.6 Å². The van der Waals surface area contributed by atoms with Crippen LogP contribution in [0.15, 0.2) is 0 Å². The monoisotopic (exact) mass is 198 g/mol. The maximum atomic E-state index is 11.6. The molecule has 1 unspecified atom stereocenters. The van der Waals surface area contributed by atoms with Gasteiger partial charge < -0.3 is 15.4 Å². The largest absolute Gasteiger partial charge is 0.459 e. The molecule has 2 saturated heterocycles. The van der Waals surface area contributed by atoms with Crippen molar-refractivity contribution in [2.24, 2.45) is 5.92 Å². The van der Waals surface area contributed by atoms with Gasteiger partial charge in [0, 0.05) is 6.42 Å². The first-order valence-corrected chi connectivity index (χ1v) is 5.28. The molecule has 2 N–H and O–H groups in total. The van der Waals surface area contributed by atoms with Gasteiger partial charge in [0.1, 0.15) is 5.60 Å². The van der Waals surface area contributed by atoms with Crippen molar-refractivity contribution >= 4 is 5.97 Å². The molecular formula is C10H18N2O2. The molecule has 0 amide bonds. The van der Waals surface area contributed by atoms with E-state index in [0.29, 0.717) is 0 Å². The average Bonchev–Trinajstić information content (AvgIpc) is 2.41. The number of carbonyl (C=O) groups excluding carboxylic acids is 1. The number of cyclic esters (lactones) is 1. The van der Waals surface area contributed by atoms with Crippen LogP contribution in [0.5, 0.6) is 0 Å². The second kappa shape index (κ2) is 3.51. The zero-order valence-corrected chi connectivity index (χ0v) is 8.80. The van der Waals surface area contributed by atoms with Gasteiger partial charge in [-0.2, -0.15) is 0 Å². The molecule has 14 heavy (non-hydrogen) atoms. The first-order chi connectivity index (χ1) is 6.58. The molecule has 2 aliphatic rings. The van der Waals surface area contributed by atoms with Crippen molar-refractivity contribution in [3.05, 3.63) is 0 Å². The minimum atomic E-state index is -0.289. The van der Waals surface area contributed by atoms with Gasteiger partial charge in [-0.15, -0.1) is 0 Å². The third kappa shape index (κ3) is 1.91. The molecular weight excluding hydrogens is 180 g/mol. The fourth-order valence-electron chi connectivity index (χ4n) is 2.22. The fourth-order valence-corrected chi connectivity index (χ4v) is 2.22. The third-order valence-corrected chi connectivity index (χ3v) is 2.88. The Kier molecular flexibility index (Phi) is 2.49. The van der Waals surface area contributed by atoms with Crippen molar-refractivity contribution in [3.63, 3.8) is 0 Å². The summed E-state index contributed by atoms with van der Waals surface area (Å²) in [5, 5.41) is 6.63. The number of carbonyl (C=O) groups is 1. The van der Waals surface area contributed by atoms with E-state index in [1.807, 2.05) is 13.8 Å². The highest BCUT2D eigenvalue weighted by Gasteiger charge is 2.44. The van der Waals surface area contributed by atoms with Gasteiger partial charge in [0.25, 0.3) is 0 Å². The lowest BCUT2D eigenvalue weighted by Crippen LogP contribution is -2.53. The van der Waals surface area contributed by atoms with Crippen LogP contribution in [0, 0.1) is 5.92 Å². The van der Waals surface area contributed by atoms with E-state index in [9.17, 15) is 4.79 Å². The van der Waals surface area contributed by atoms with E-state index in [-0.39, 0.29) is 23.7 Å². The Balaban J connectivity index is 2.00. The second-order valence-corrected chi connectivity index (χ2v) is 4.73. The molecule has 2 heterocycles. The SMILES string of the molecule is CC1(C)CC(C2NCCCN2)C(=O)O1. The number of hydrogen-bond donors (Lipinski definition) is 2. The van der Waals surface area contributed by atoms with Gasteiger partial charge in [-0.05, 0) is 33.4 Å². The van der Waals surface area contributed by atoms with Crippen molar-refractivity contribution in [2.75, 3.05) is 13.1 Å². The average molecular weight is 198 g/mol. The summed E-state index contributed by atoms with van der Waals surface area (Å²) in [6, 6.07) is 0. The number of esters is 1. The van der Waals surface area contributed by atoms with E-state index in [0.717, 1.165) is 25.9 Å². The predicted octanol–water partition coefficient (Wildman–Crippen LogP) is 0.237. The van der Waals surface area contributed by atoms with Gasteiger partial charge in [0.05, 0.1) is 12.1 Å². The van der Waals surface area contributed by atoms with E-state index >= 15 is 0 Å². The lowest BCUT2D eigenvalue weighted by atomic mass is 9.94. The molecule has 0 aromatic heterocycles. The summed E-state index contributed by atoms with van der Waals surface area (Å²) in [5.41, 5.74) is -0.289. The van der Waals surface area contributed by atoms with E-state index in [1.165, 1.54) is 0 Å². The van der Waals surface area contributed by atoms with Crippen LogP contribution in [0.1, 0.15) is 26.7 Å². The summed E-state index contributed by atoms with van der Waals surface area (Å²) < 4.78 is 5.30. The van der Waals surface area contributed by atoms with Gasteiger partial charge in [-0.1, -0.05) is 0 Å². The third-order valence-electron chi connectivity index (χ3n) is 2.88. The van der Waals surface area contributed by atoms with Gasteiger partial charge in [-0.25, -0.2) is 0 Å². The van der Waals surface area contributed by atoms with Crippen LogP contribution in [0.2, 0.25) is 0 Å². The topological polar surface area (TPSA) is 50.4 Å². The van der Waals surface area contributed by atoms with Gasteiger partial charge in [-0.3, -0.25) is 4.79 Å². The molecule has 0 aliphatic carbocycles. The Morgan fingerprint density at radius 2 is 2.00 bits per heavy atom. The highest BCUT2D eigenvalue weighted by Crippen LogP contribution is 2.32. The van der Waals surface area contributed by atoms with Gasteiger partial charge in [0.15, 0.2) is 0 Å². The van der Waals surface area contributed by atoms with Gasteiger partial charge in [0.2, 0.25) is 0 Å². The summed E-state index contributed by atoms with van der Waals surface area (Å²) in [6.45, 7) is 5.91. The van der Waals surface area contributed by atoms with E-state index in [4.69, 9.17) is 4.74 Å². The smallest absolute Gasteiger partial charge is 0.312 e. The maximum absolute atomic E-state index is 11.6. The first kappa shape index (κ1) is 9.93. The summed E-state index contributed by atoms with van der Waals surface area (Å²) >= 11 is 0. The number of hydrogen-bond acceptors (Lipinski definition) is 4. The van der Waals surface area contributed by atoms with Crippen LogP contribution in [0.3, 0.4) is 0 Å². The maximum Gasteiger partial charge on any atom is 0.312 e. The van der Waals surface area contributed by atoms with Crippen molar-refractivity contribution in [2.45, 2.75) is 38.5 Å². The molecule has 2 rings (SSSR count). The zero-order chi connectivity index (χ0) is 10.2. The Morgan fingerprint density at radius 1 is 1.36 bits per heavy atom. The molecule has 0 radical (unpaired) electrons. The molecule has 0 bridgehead atoms. The molecule has 0 aromatic rings. The van der Waals surface area contributed by atoms with Crippen molar-refractivity contribution in [3.8, 4) is 0 Å². The first-order valence-electron chi connectivity index (χ1n) is 5.28. The minimum Gasteiger partial charge on any atom is -0.459 e. The molecule has 0 spiro atoms. The standard InChI is InChI=1S/C10H18N2O2/c1-10(2)6-7(9(13)14-10)8-11-4-3-5-12-8/h7-8,11-12H,3-6H2,1-2H3. The molecule has 80 valence electrons. The van der Waals surface area contributed by atoms with Crippen LogP contribution >= 0.6 is 0 Å². The Hall–Kier alpha value is -0.610. The Bertz CT molecular complexity index is 234. The van der Waals surface area contributed by atoms with E-state index < -0.39 is 0 Å². The van der Waals surface area contributed by atoms with Crippen LogP contribution in [0.4, 0.5) is 0 Å². The number of ether oxygens (including phenoxy) is 1. The zero-order valence-electron chi connectivity index (χ0n) is 8.80. The minimum absolute atomic E-state index is 0.0229. The van der Waals surface area contributed by atoms with Crippen LogP contribution in [0.25, 0.3) is 0 Å². The molecule has 2 fully saturated rings. The molecule has 2 aliphatic heterocycles. The molecule has 4 nitrogen and oxygen atoms in total. The van der Waals surface area contributed by atoms with Crippen LogP contribution in [-0.4, -0.2) is 30.8 Å². The predicted molar refractivity (Wildman–Crippen MR) is 52.7 cm³/mol. The highest BCUT2D eigenvalue weighted by atomic mass is 16.6. The molecule has 1 atom stereocenters. The lowest BCUT2D eigenvalue weighted by molar-refractivity contribution is -0.149. The number of rotatable bonds is 1. The summed E-state index contributed by atoms with van der Waals surface area (Å²) in [6.07, 6.45) is 2.04.